The van der Waals surface area contributed by atoms with E-state index < -0.39 is 21.9 Å². The normalized spacial score (nSPS) is 35.3. The van der Waals surface area contributed by atoms with Crippen LogP contribution in [0.25, 0.3) is 0 Å². The Morgan fingerprint density at radius 2 is 1.42 bits per heavy atom. The van der Waals surface area contributed by atoms with Crippen LogP contribution in [0.3, 0.4) is 0 Å². The van der Waals surface area contributed by atoms with Crippen LogP contribution in [-0.2, 0) is 19.6 Å². The van der Waals surface area contributed by atoms with Crippen molar-refractivity contribution >= 4 is 27.5 Å². The molecular formula is C23H22N2O5S. The number of rotatable bonds is 4. The maximum Gasteiger partial charge on any atom is 0.243 e. The number of sulfonamides is 1. The number of nitrogens with zero attached hydrogens (tertiary/aromatic N) is 2. The average molecular weight is 439 g/mol. The van der Waals surface area contributed by atoms with Crippen molar-refractivity contribution in [2.24, 2.45) is 23.7 Å². The van der Waals surface area contributed by atoms with Crippen LogP contribution in [0.15, 0.2) is 53.4 Å². The number of piperidine rings is 1. The van der Waals surface area contributed by atoms with E-state index in [9.17, 15) is 18.0 Å². The van der Waals surface area contributed by atoms with Crippen molar-refractivity contribution in [3.8, 4) is 5.75 Å². The molecular weight excluding hydrogens is 416 g/mol. The lowest BCUT2D eigenvalue weighted by Gasteiger charge is -2.20. The minimum Gasteiger partial charge on any atom is -0.497 e. The molecule has 2 saturated heterocycles. The third-order valence-corrected chi connectivity index (χ3v) is 9.43. The standard InChI is InChI=1S/C23H22N2O5S/c1-12-3-9-15(10-4-12)31(28,29)25-20-16-11-17(21(20)25)19-18(16)22(26)24(23(19)27)13-5-7-14(30-2)8-6-13/h3-10,16-21H,11H2,1-2H3/t16?,17?,18-,19+,20-,21+,25?. The van der Waals surface area contributed by atoms with Crippen molar-refractivity contribution in [3.05, 3.63) is 54.1 Å². The third kappa shape index (κ3) is 2.40. The summed E-state index contributed by atoms with van der Waals surface area (Å²) >= 11 is 0. The molecule has 2 saturated carbocycles. The third-order valence-electron chi connectivity index (χ3n) is 7.52. The summed E-state index contributed by atoms with van der Waals surface area (Å²) in [5.74, 6) is -0.810. The number of amides is 2. The molecule has 7 atom stereocenters. The Morgan fingerprint density at radius 3 is 1.94 bits per heavy atom. The van der Waals surface area contributed by atoms with Crippen molar-refractivity contribution in [1.29, 1.82) is 0 Å². The Bertz CT molecular complexity index is 1170. The number of imide groups is 1. The predicted octanol–water partition coefficient (Wildman–Crippen LogP) is 2.20. The summed E-state index contributed by atoms with van der Waals surface area (Å²) in [6.07, 6.45) is 0.749. The number of fused-ring (bicyclic) bond motifs is 8. The molecule has 2 aromatic carbocycles. The molecule has 0 radical (unpaired) electrons. The van der Waals surface area contributed by atoms with E-state index in [0.29, 0.717) is 11.4 Å². The lowest BCUT2D eigenvalue weighted by atomic mass is 9.81. The summed E-state index contributed by atoms with van der Waals surface area (Å²) in [6.45, 7) is 1.91. The highest BCUT2D eigenvalue weighted by atomic mass is 32.2. The number of carbonyl (C=O) groups excluding carboxylic acids is 2. The van der Waals surface area contributed by atoms with E-state index in [2.05, 4.69) is 0 Å². The van der Waals surface area contributed by atoms with E-state index in [1.54, 1.807) is 59.9 Å². The van der Waals surface area contributed by atoms with Crippen LogP contribution in [0.2, 0.25) is 0 Å². The minimum atomic E-state index is -3.62. The van der Waals surface area contributed by atoms with Gasteiger partial charge in [-0.15, -0.1) is 0 Å². The Balaban J connectivity index is 1.29. The van der Waals surface area contributed by atoms with Crippen molar-refractivity contribution in [2.75, 3.05) is 12.0 Å². The summed E-state index contributed by atoms with van der Waals surface area (Å²) in [5, 5.41) is 0. The largest absolute Gasteiger partial charge is 0.497 e. The summed E-state index contributed by atoms with van der Waals surface area (Å²) in [5.41, 5.74) is 1.54. The molecule has 7 nitrogen and oxygen atoms in total. The first kappa shape index (κ1) is 19.0. The monoisotopic (exact) mass is 438 g/mol. The number of carbonyl (C=O) groups is 2. The van der Waals surface area contributed by atoms with Crippen LogP contribution in [0.4, 0.5) is 5.69 Å². The second-order valence-electron chi connectivity index (χ2n) is 8.95. The van der Waals surface area contributed by atoms with Crippen molar-refractivity contribution in [3.63, 3.8) is 0 Å². The Labute approximate surface area is 180 Å². The molecule has 2 aliphatic carbocycles. The molecule has 2 amide bonds. The highest BCUT2D eigenvalue weighted by Crippen LogP contribution is 2.66. The van der Waals surface area contributed by atoms with Crippen LogP contribution in [0.5, 0.6) is 5.75 Å². The number of hydrogen-bond donors (Lipinski definition) is 0. The summed E-state index contributed by atoms with van der Waals surface area (Å²) in [6, 6.07) is 13.4. The van der Waals surface area contributed by atoms with Crippen LogP contribution in [0.1, 0.15) is 12.0 Å². The summed E-state index contributed by atoms with van der Waals surface area (Å²) in [4.78, 5) is 28.1. The molecule has 8 heteroatoms. The lowest BCUT2D eigenvalue weighted by Crippen LogP contribution is -2.34. The average Bonchev–Trinajstić information content (AvgIpc) is 3.15. The molecule has 3 unspecified atom stereocenters. The zero-order valence-corrected chi connectivity index (χ0v) is 18.0. The number of ether oxygens (including phenoxy) is 1. The molecule has 0 N–H and O–H groups in total. The van der Waals surface area contributed by atoms with E-state index in [4.69, 9.17) is 4.74 Å². The van der Waals surface area contributed by atoms with E-state index in [1.807, 2.05) is 6.92 Å². The van der Waals surface area contributed by atoms with Gasteiger partial charge in [-0.1, -0.05) is 17.7 Å². The molecule has 4 aliphatic rings. The smallest absolute Gasteiger partial charge is 0.243 e. The van der Waals surface area contributed by atoms with Gasteiger partial charge in [0.25, 0.3) is 0 Å². The Hall–Kier alpha value is -2.71. The molecule has 4 fully saturated rings. The lowest BCUT2D eigenvalue weighted by molar-refractivity contribution is -0.123. The molecule has 0 aromatic heterocycles. The van der Waals surface area contributed by atoms with Gasteiger partial charge in [0.2, 0.25) is 21.8 Å². The van der Waals surface area contributed by atoms with Gasteiger partial charge in [-0.2, -0.15) is 4.31 Å². The second-order valence-corrected chi connectivity index (χ2v) is 10.8. The number of benzene rings is 2. The topological polar surface area (TPSA) is 83.8 Å². The summed E-state index contributed by atoms with van der Waals surface area (Å²) in [7, 11) is -2.06. The Morgan fingerprint density at radius 1 is 0.871 bits per heavy atom. The molecule has 6 rings (SSSR count). The van der Waals surface area contributed by atoms with Gasteiger partial charge in [0.15, 0.2) is 0 Å². The van der Waals surface area contributed by atoms with Crippen LogP contribution >= 0.6 is 0 Å². The Kier molecular flexibility index (Phi) is 3.78. The second kappa shape index (κ2) is 6.17. The predicted molar refractivity (Wildman–Crippen MR) is 112 cm³/mol. The van der Waals surface area contributed by atoms with Crippen LogP contribution in [0, 0.1) is 30.6 Å². The van der Waals surface area contributed by atoms with E-state index in [1.165, 1.54) is 4.90 Å². The molecule has 2 aliphatic heterocycles. The molecule has 2 heterocycles. The van der Waals surface area contributed by atoms with E-state index in [0.717, 1.165) is 12.0 Å². The fourth-order valence-corrected chi connectivity index (χ4v) is 8.06. The van der Waals surface area contributed by atoms with Gasteiger partial charge in [-0.3, -0.25) is 14.5 Å². The van der Waals surface area contributed by atoms with Gasteiger partial charge >= 0.3 is 0 Å². The van der Waals surface area contributed by atoms with Gasteiger partial charge in [0, 0.05) is 12.1 Å². The van der Waals surface area contributed by atoms with E-state index >= 15 is 0 Å². The minimum absolute atomic E-state index is 0.0973. The van der Waals surface area contributed by atoms with Gasteiger partial charge in [-0.25, -0.2) is 8.42 Å². The van der Waals surface area contributed by atoms with E-state index in [-0.39, 0.29) is 40.6 Å². The molecule has 31 heavy (non-hydrogen) atoms. The van der Waals surface area contributed by atoms with Crippen molar-refractivity contribution < 1.29 is 22.7 Å². The number of anilines is 1. The maximum absolute atomic E-state index is 13.3. The number of hydrogen-bond acceptors (Lipinski definition) is 5. The van der Waals surface area contributed by atoms with Gasteiger partial charge in [-0.05, 0) is 61.6 Å². The van der Waals surface area contributed by atoms with Crippen LogP contribution < -0.4 is 9.64 Å². The highest BCUT2D eigenvalue weighted by molar-refractivity contribution is 7.89. The van der Waals surface area contributed by atoms with Gasteiger partial charge < -0.3 is 4.74 Å². The fourth-order valence-electron chi connectivity index (χ4n) is 6.19. The molecule has 2 aromatic rings. The number of methoxy groups -OCH3 is 1. The maximum atomic E-state index is 13.3. The SMILES string of the molecule is COc1ccc(N2C(=O)[C@@H]3C4CC([C@@H]3C2=O)[C@H]2[C@@H]4N2S(=O)(=O)c2ccc(C)cc2)cc1. The first-order chi connectivity index (χ1) is 14.8. The first-order valence-corrected chi connectivity index (χ1v) is 11.9. The number of aryl methyl sites for hydroxylation is 1. The molecule has 0 spiro atoms. The molecule has 160 valence electrons. The van der Waals surface area contributed by atoms with Crippen LogP contribution in [-0.4, -0.2) is 43.7 Å². The van der Waals surface area contributed by atoms with Gasteiger partial charge in [0.1, 0.15) is 5.75 Å². The zero-order chi connectivity index (χ0) is 21.7. The highest BCUT2D eigenvalue weighted by Gasteiger charge is 2.78. The fraction of sp³-hybridized carbons (Fsp3) is 0.391. The first-order valence-electron chi connectivity index (χ1n) is 10.5. The van der Waals surface area contributed by atoms with Gasteiger partial charge in [0.05, 0.1) is 29.5 Å². The molecule has 2 bridgehead atoms. The van der Waals surface area contributed by atoms with Crippen molar-refractivity contribution in [2.45, 2.75) is 30.3 Å². The zero-order valence-electron chi connectivity index (χ0n) is 17.1. The quantitative estimate of drug-likeness (QED) is 0.540. The van der Waals surface area contributed by atoms with Crippen molar-refractivity contribution in [1.82, 2.24) is 4.31 Å². The summed E-state index contributed by atoms with van der Waals surface area (Å²) < 4.78 is 33.1.